The molecule has 0 radical (unpaired) electrons. The van der Waals surface area contributed by atoms with Gasteiger partial charge in [-0.15, -0.1) is 0 Å². The zero-order valence-electron chi connectivity index (χ0n) is 12.5. The standard InChI is InChI=1S/C17H17FN4O.2H2/c18-13-6-3-5-12(15(13)19)16(20)17(23)22-9-8-21-14-7-2-1-4-11(14)10-22;;/h1-7,20-21H,8-10,19H2;2*1H. The van der Waals surface area contributed by atoms with Crippen molar-refractivity contribution in [1.82, 2.24) is 4.90 Å². The molecular formula is C17H21FN4O. The second-order valence-corrected chi connectivity index (χ2v) is 5.39. The van der Waals surface area contributed by atoms with Gasteiger partial charge in [0.15, 0.2) is 0 Å². The molecule has 1 aliphatic rings. The van der Waals surface area contributed by atoms with E-state index >= 15 is 0 Å². The molecule has 0 fully saturated rings. The molecule has 0 atom stereocenters. The van der Waals surface area contributed by atoms with Crippen LogP contribution in [-0.4, -0.2) is 29.6 Å². The molecule has 1 heterocycles. The molecule has 3 rings (SSSR count). The van der Waals surface area contributed by atoms with Crippen LogP contribution in [0, 0.1) is 11.2 Å². The van der Waals surface area contributed by atoms with E-state index in [2.05, 4.69) is 5.32 Å². The van der Waals surface area contributed by atoms with Crippen LogP contribution in [0.3, 0.4) is 0 Å². The fraction of sp³-hybridized carbons (Fsp3) is 0.176. The Bertz CT molecular complexity index is 785. The van der Waals surface area contributed by atoms with Crippen LogP contribution in [0.25, 0.3) is 0 Å². The lowest BCUT2D eigenvalue weighted by atomic mass is 10.1. The van der Waals surface area contributed by atoms with Crippen LogP contribution in [0.15, 0.2) is 42.5 Å². The summed E-state index contributed by atoms with van der Waals surface area (Å²) in [5.74, 6) is -1.08. The maximum Gasteiger partial charge on any atom is 0.272 e. The zero-order chi connectivity index (χ0) is 16.4. The molecule has 6 heteroatoms. The highest BCUT2D eigenvalue weighted by Gasteiger charge is 2.24. The number of amides is 1. The number of fused-ring (bicyclic) bond motifs is 1. The molecular weight excluding hydrogens is 295 g/mol. The first-order chi connectivity index (χ1) is 11.1. The summed E-state index contributed by atoms with van der Waals surface area (Å²) in [6, 6.07) is 11.9. The highest BCUT2D eigenvalue weighted by Crippen LogP contribution is 2.22. The first kappa shape index (κ1) is 15.0. The zero-order valence-corrected chi connectivity index (χ0v) is 12.5. The minimum atomic E-state index is -0.622. The van der Waals surface area contributed by atoms with E-state index in [-0.39, 0.29) is 19.8 Å². The van der Waals surface area contributed by atoms with Crippen molar-refractivity contribution in [2.75, 3.05) is 24.1 Å². The molecule has 0 bridgehead atoms. The number of nitrogens with two attached hydrogens (primary N) is 1. The van der Waals surface area contributed by atoms with Crippen LogP contribution < -0.4 is 11.1 Å². The number of hydrogen-bond acceptors (Lipinski definition) is 4. The van der Waals surface area contributed by atoms with Crippen LogP contribution in [-0.2, 0) is 11.3 Å². The molecule has 0 spiro atoms. The van der Waals surface area contributed by atoms with Gasteiger partial charge in [0.05, 0.1) is 5.69 Å². The number of nitrogens with one attached hydrogen (secondary N) is 2. The van der Waals surface area contributed by atoms with Crippen LogP contribution in [0.4, 0.5) is 15.8 Å². The van der Waals surface area contributed by atoms with Crippen molar-refractivity contribution in [3.63, 3.8) is 0 Å². The van der Waals surface area contributed by atoms with Gasteiger partial charge in [-0.3, -0.25) is 10.2 Å². The van der Waals surface area contributed by atoms with Crippen molar-refractivity contribution in [2.45, 2.75) is 6.54 Å². The van der Waals surface area contributed by atoms with E-state index in [0.29, 0.717) is 19.6 Å². The quantitative estimate of drug-likeness (QED) is 0.588. The largest absolute Gasteiger partial charge is 0.396 e. The van der Waals surface area contributed by atoms with Crippen molar-refractivity contribution in [2.24, 2.45) is 0 Å². The average Bonchev–Trinajstić information content (AvgIpc) is 2.78. The summed E-state index contributed by atoms with van der Waals surface area (Å²) in [4.78, 5) is 14.2. The molecule has 2 aromatic rings. The monoisotopic (exact) mass is 316 g/mol. The minimum absolute atomic E-state index is 0. The predicted octanol–water partition coefficient (Wildman–Crippen LogP) is 2.72. The summed E-state index contributed by atoms with van der Waals surface area (Å²) in [5, 5.41) is 11.4. The fourth-order valence-corrected chi connectivity index (χ4v) is 2.64. The molecule has 1 aliphatic heterocycles. The van der Waals surface area contributed by atoms with E-state index in [9.17, 15) is 9.18 Å². The molecule has 4 N–H and O–H groups in total. The lowest BCUT2D eigenvalue weighted by Gasteiger charge is -2.21. The van der Waals surface area contributed by atoms with Gasteiger partial charge in [0, 0.05) is 33.7 Å². The topological polar surface area (TPSA) is 82.2 Å². The normalized spacial score (nSPS) is 13.7. The molecule has 2 aromatic carbocycles. The maximum absolute atomic E-state index is 13.6. The van der Waals surface area contributed by atoms with E-state index in [1.165, 1.54) is 18.2 Å². The Kier molecular flexibility index (Phi) is 3.97. The Morgan fingerprint density at radius 1 is 1.26 bits per heavy atom. The fourth-order valence-electron chi connectivity index (χ4n) is 2.64. The van der Waals surface area contributed by atoms with Crippen molar-refractivity contribution < 1.29 is 12.0 Å². The number of carbonyl (C=O) groups is 1. The number of nitrogen functional groups attached to an aromatic ring is 1. The van der Waals surface area contributed by atoms with Crippen LogP contribution in [0.1, 0.15) is 14.0 Å². The highest BCUT2D eigenvalue weighted by atomic mass is 19.1. The molecule has 5 nitrogen and oxygen atoms in total. The number of halogens is 1. The first-order valence-electron chi connectivity index (χ1n) is 7.32. The Labute approximate surface area is 136 Å². The minimum Gasteiger partial charge on any atom is -0.396 e. The Balaban J connectivity index is 0.00000156. The number of hydrogen-bond donors (Lipinski definition) is 3. The summed E-state index contributed by atoms with van der Waals surface area (Å²) < 4.78 is 13.6. The van der Waals surface area contributed by atoms with Crippen molar-refractivity contribution in [1.29, 1.82) is 5.41 Å². The average molecular weight is 316 g/mol. The summed E-state index contributed by atoms with van der Waals surface area (Å²) >= 11 is 0. The Morgan fingerprint density at radius 2 is 2.04 bits per heavy atom. The van der Waals surface area contributed by atoms with E-state index in [0.717, 1.165) is 11.3 Å². The molecule has 0 unspecified atom stereocenters. The van der Waals surface area contributed by atoms with Gasteiger partial charge < -0.3 is 16.0 Å². The van der Waals surface area contributed by atoms with Gasteiger partial charge in [0.25, 0.3) is 5.91 Å². The SMILES string of the molecule is N=C(C(=O)N1CCNc2ccccc2C1)c1cccc(F)c1N.[HH].[HH]. The highest BCUT2D eigenvalue weighted by molar-refractivity contribution is 6.45. The lowest BCUT2D eigenvalue weighted by molar-refractivity contribution is -0.124. The molecule has 122 valence electrons. The van der Waals surface area contributed by atoms with Crippen molar-refractivity contribution in [3.05, 3.63) is 59.4 Å². The van der Waals surface area contributed by atoms with Gasteiger partial charge in [-0.05, 0) is 17.7 Å². The maximum atomic E-state index is 13.6. The molecule has 0 saturated heterocycles. The van der Waals surface area contributed by atoms with Gasteiger partial charge in [-0.1, -0.05) is 30.3 Å². The van der Waals surface area contributed by atoms with Crippen LogP contribution in [0.2, 0.25) is 0 Å². The number of para-hydroxylation sites is 2. The second kappa shape index (κ2) is 6.08. The number of anilines is 2. The van der Waals surface area contributed by atoms with Crippen molar-refractivity contribution >= 4 is 23.0 Å². The van der Waals surface area contributed by atoms with E-state index in [4.69, 9.17) is 11.1 Å². The number of rotatable bonds is 2. The molecule has 0 saturated carbocycles. The van der Waals surface area contributed by atoms with Crippen molar-refractivity contribution in [3.8, 4) is 0 Å². The Morgan fingerprint density at radius 3 is 2.87 bits per heavy atom. The lowest BCUT2D eigenvalue weighted by Crippen LogP contribution is -2.38. The van der Waals surface area contributed by atoms with Gasteiger partial charge >= 0.3 is 0 Å². The summed E-state index contributed by atoms with van der Waals surface area (Å²) in [7, 11) is 0. The first-order valence-corrected chi connectivity index (χ1v) is 7.32. The number of carbonyl (C=O) groups excluding carboxylic acids is 1. The van der Waals surface area contributed by atoms with Gasteiger partial charge in [-0.25, -0.2) is 4.39 Å². The third-order valence-electron chi connectivity index (χ3n) is 3.90. The van der Waals surface area contributed by atoms with E-state index in [1.54, 1.807) is 4.90 Å². The number of benzene rings is 2. The molecule has 0 aromatic heterocycles. The van der Waals surface area contributed by atoms with Crippen LogP contribution in [0.5, 0.6) is 0 Å². The number of nitrogens with zero attached hydrogens (tertiary/aromatic N) is 1. The van der Waals surface area contributed by atoms with E-state index in [1.807, 2.05) is 24.3 Å². The smallest absolute Gasteiger partial charge is 0.272 e. The molecule has 0 aliphatic carbocycles. The third-order valence-corrected chi connectivity index (χ3v) is 3.90. The van der Waals surface area contributed by atoms with E-state index < -0.39 is 11.7 Å². The van der Waals surface area contributed by atoms with Gasteiger partial charge in [-0.2, -0.15) is 0 Å². The molecule has 1 amide bonds. The summed E-state index contributed by atoms with van der Waals surface area (Å²) in [5.41, 5.74) is 7.30. The summed E-state index contributed by atoms with van der Waals surface area (Å²) in [6.45, 7) is 1.46. The summed E-state index contributed by atoms with van der Waals surface area (Å²) in [6.07, 6.45) is 0. The molecule has 23 heavy (non-hydrogen) atoms. The van der Waals surface area contributed by atoms with Gasteiger partial charge in [0.2, 0.25) is 0 Å². The third kappa shape index (κ3) is 2.88. The Hall–Kier alpha value is -2.89. The van der Waals surface area contributed by atoms with Crippen LogP contribution >= 0.6 is 0 Å². The van der Waals surface area contributed by atoms with Gasteiger partial charge in [0.1, 0.15) is 11.5 Å². The predicted molar refractivity (Wildman–Crippen MR) is 92.2 cm³/mol. The second-order valence-electron chi connectivity index (χ2n) is 5.39.